The number of hydrogen-bond donors (Lipinski definition) is 0. The van der Waals surface area contributed by atoms with Gasteiger partial charge in [-0.1, -0.05) is 103 Å². The van der Waals surface area contributed by atoms with Crippen molar-refractivity contribution < 1.29 is 9.13 Å². The van der Waals surface area contributed by atoms with E-state index in [4.69, 9.17) is 9.84 Å². The minimum atomic E-state index is -0.827. The van der Waals surface area contributed by atoms with Crippen molar-refractivity contribution in [3.8, 4) is 17.0 Å². The third kappa shape index (κ3) is 3.91. The van der Waals surface area contributed by atoms with E-state index in [9.17, 15) is 4.39 Å². The van der Waals surface area contributed by atoms with Gasteiger partial charge in [-0.25, -0.2) is 9.07 Å². The second-order valence-corrected chi connectivity index (χ2v) is 9.94. The molecule has 0 saturated heterocycles. The monoisotopic (exact) mass is 562 g/mol. The third-order valence-electron chi connectivity index (χ3n) is 6.94. The van der Waals surface area contributed by atoms with Crippen LogP contribution in [0.4, 0.5) is 4.39 Å². The van der Waals surface area contributed by atoms with Gasteiger partial charge in [0, 0.05) is 17.0 Å². The SMILES string of the molecule is COc1cc2c(cc1Br)c(-c1cccc(F)c1)nn2C(c1ccccc1)(c1ccccc1)c1ccccc1. The summed E-state index contributed by atoms with van der Waals surface area (Å²) in [5.41, 5.74) is 4.58. The van der Waals surface area contributed by atoms with E-state index in [-0.39, 0.29) is 5.82 Å². The maximum Gasteiger partial charge on any atom is 0.138 e. The van der Waals surface area contributed by atoms with Crippen LogP contribution in [0.5, 0.6) is 5.75 Å². The zero-order valence-electron chi connectivity index (χ0n) is 20.7. The van der Waals surface area contributed by atoms with Crippen molar-refractivity contribution in [2.24, 2.45) is 0 Å². The normalized spacial score (nSPS) is 11.6. The molecule has 0 N–H and O–H groups in total. The highest BCUT2D eigenvalue weighted by Crippen LogP contribution is 2.45. The first-order valence-corrected chi connectivity index (χ1v) is 13.1. The van der Waals surface area contributed by atoms with Gasteiger partial charge in [0.05, 0.1) is 17.1 Å². The molecule has 0 saturated carbocycles. The van der Waals surface area contributed by atoms with Crippen molar-refractivity contribution >= 4 is 26.8 Å². The van der Waals surface area contributed by atoms with E-state index >= 15 is 0 Å². The molecule has 0 amide bonds. The standard InChI is InChI=1S/C33H24BrFN2O/c1-38-31-22-30-28(21-29(31)34)32(23-12-11-19-27(35)20-23)36-37(30)33(24-13-5-2-6-14-24,25-15-7-3-8-16-25)26-17-9-4-10-18-26/h2-22H,1H3. The summed E-state index contributed by atoms with van der Waals surface area (Å²) < 4.78 is 23.0. The molecule has 5 aromatic carbocycles. The minimum absolute atomic E-state index is 0.307. The lowest BCUT2D eigenvalue weighted by atomic mass is 9.77. The first-order chi connectivity index (χ1) is 18.6. The largest absolute Gasteiger partial charge is 0.495 e. The van der Waals surface area contributed by atoms with Gasteiger partial charge in [-0.3, -0.25) is 0 Å². The molecular formula is C33H24BrFN2O. The van der Waals surface area contributed by atoms with Gasteiger partial charge in [0.25, 0.3) is 0 Å². The Morgan fingerprint density at radius 2 is 1.26 bits per heavy atom. The van der Waals surface area contributed by atoms with Crippen LogP contribution < -0.4 is 4.74 Å². The highest BCUT2D eigenvalue weighted by molar-refractivity contribution is 9.10. The van der Waals surface area contributed by atoms with Gasteiger partial charge in [0.2, 0.25) is 0 Å². The first-order valence-electron chi connectivity index (χ1n) is 12.3. The van der Waals surface area contributed by atoms with Crippen molar-refractivity contribution in [1.82, 2.24) is 9.78 Å². The van der Waals surface area contributed by atoms with Crippen LogP contribution in [0.25, 0.3) is 22.2 Å². The maximum atomic E-state index is 14.4. The Hall–Kier alpha value is -4.22. The topological polar surface area (TPSA) is 27.1 Å². The van der Waals surface area contributed by atoms with Gasteiger partial charge in [0.15, 0.2) is 0 Å². The number of nitrogens with zero attached hydrogens (tertiary/aromatic N) is 2. The van der Waals surface area contributed by atoms with Gasteiger partial charge in [0.1, 0.15) is 22.8 Å². The maximum absolute atomic E-state index is 14.4. The van der Waals surface area contributed by atoms with Crippen LogP contribution in [0.3, 0.4) is 0 Å². The molecule has 0 unspecified atom stereocenters. The van der Waals surface area contributed by atoms with E-state index in [1.807, 2.05) is 72.8 Å². The van der Waals surface area contributed by atoms with Gasteiger partial charge < -0.3 is 4.74 Å². The van der Waals surface area contributed by atoms with Crippen molar-refractivity contribution in [2.45, 2.75) is 5.54 Å². The molecule has 0 aliphatic heterocycles. The van der Waals surface area contributed by atoms with E-state index < -0.39 is 5.54 Å². The summed E-state index contributed by atoms with van der Waals surface area (Å²) in [7, 11) is 1.65. The molecule has 0 aliphatic carbocycles. The molecule has 3 nitrogen and oxygen atoms in total. The molecule has 38 heavy (non-hydrogen) atoms. The quantitative estimate of drug-likeness (QED) is 0.190. The lowest BCUT2D eigenvalue weighted by Crippen LogP contribution is -2.38. The lowest BCUT2D eigenvalue weighted by Gasteiger charge is -2.37. The molecule has 0 bridgehead atoms. The molecule has 0 atom stereocenters. The van der Waals surface area contributed by atoms with Crippen LogP contribution in [0.1, 0.15) is 16.7 Å². The summed E-state index contributed by atoms with van der Waals surface area (Å²) in [6.45, 7) is 0. The first kappa shape index (κ1) is 24.1. The third-order valence-corrected chi connectivity index (χ3v) is 7.56. The smallest absolute Gasteiger partial charge is 0.138 e. The fourth-order valence-corrected chi connectivity index (χ4v) is 5.79. The van der Waals surface area contributed by atoms with Gasteiger partial charge in [-0.2, -0.15) is 5.10 Å². The Kier molecular flexibility index (Phi) is 6.30. The lowest BCUT2D eigenvalue weighted by molar-refractivity contribution is 0.411. The van der Waals surface area contributed by atoms with E-state index in [1.54, 1.807) is 13.2 Å². The molecule has 0 spiro atoms. The number of aromatic nitrogens is 2. The number of hydrogen-bond acceptors (Lipinski definition) is 2. The predicted octanol–water partition coefficient (Wildman–Crippen LogP) is 8.45. The summed E-state index contributed by atoms with van der Waals surface area (Å²) >= 11 is 3.66. The number of ether oxygens (including phenoxy) is 1. The fourth-order valence-electron chi connectivity index (χ4n) is 5.28. The molecule has 186 valence electrons. The zero-order chi connectivity index (χ0) is 26.1. The van der Waals surface area contributed by atoms with E-state index in [0.717, 1.165) is 32.1 Å². The Labute approximate surface area is 229 Å². The molecule has 1 heterocycles. The Balaban J connectivity index is 1.82. The summed E-state index contributed by atoms with van der Waals surface area (Å²) in [4.78, 5) is 0. The zero-order valence-corrected chi connectivity index (χ0v) is 22.3. The fraction of sp³-hybridized carbons (Fsp3) is 0.0606. The van der Waals surface area contributed by atoms with Crippen LogP contribution in [0.2, 0.25) is 0 Å². The highest BCUT2D eigenvalue weighted by atomic mass is 79.9. The molecule has 0 fully saturated rings. The van der Waals surface area contributed by atoms with Crippen LogP contribution in [0, 0.1) is 5.82 Å². The van der Waals surface area contributed by atoms with Crippen LogP contribution >= 0.6 is 15.9 Å². The molecule has 6 rings (SSSR count). The second kappa shape index (κ2) is 9.92. The van der Waals surface area contributed by atoms with Gasteiger partial charge in [-0.15, -0.1) is 0 Å². The van der Waals surface area contributed by atoms with E-state index in [1.165, 1.54) is 12.1 Å². The molecule has 0 aliphatic rings. The average Bonchev–Trinajstić information content (AvgIpc) is 3.33. The average molecular weight is 563 g/mol. The predicted molar refractivity (Wildman–Crippen MR) is 154 cm³/mol. The minimum Gasteiger partial charge on any atom is -0.495 e. The Morgan fingerprint density at radius 1 is 0.711 bits per heavy atom. The number of rotatable bonds is 6. The van der Waals surface area contributed by atoms with Crippen molar-refractivity contribution in [2.75, 3.05) is 7.11 Å². The van der Waals surface area contributed by atoms with E-state index in [0.29, 0.717) is 17.0 Å². The highest BCUT2D eigenvalue weighted by Gasteiger charge is 2.41. The van der Waals surface area contributed by atoms with Gasteiger partial charge >= 0.3 is 0 Å². The molecule has 0 radical (unpaired) electrons. The van der Waals surface area contributed by atoms with Crippen molar-refractivity contribution in [3.05, 3.63) is 154 Å². The van der Waals surface area contributed by atoms with Gasteiger partial charge in [-0.05, 0) is 50.8 Å². The second-order valence-electron chi connectivity index (χ2n) is 9.08. The Bertz CT molecular complexity index is 1620. The van der Waals surface area contributed by atoms with Crippen molar-refractivity contribution in [1.29, 1.82) is 0 Å². The number of fused-ring (bicyclic) bond motifs is 1. The van der Waals surface area contributed by atoms with Crippen LogP contribution in [-0.2, 0) is 5.54 Å². The number of halogens is 2. The molecule has 1 aromatic heterocycles. The van der Waals surface area contributed by atoms with Crippen LogP contribution in [-0.4, -0.2) is 16.9 Å². The summed E-state index contributed by atoms with van der Waals surface area (Å²) in [6, 6.07) is 41.7. The summed E-state index contributed by atoms with van der Waals surface area (Å²) in [5.74, 6) is 0.380. The summed E-state index contributed by atoms with van der Waals surface area (Å²) in [5, 5.41) is 6.18. The van der Waals surface area contributed by atoms with E-state index in [2.05, 4.69) is 57.0 Å². The molecule has 5 heteroatoms. The number of benzene rings is 5. The molecular weight excluding hydrogens is 539 g/mol. The number of methoxy groups -OCH3 is 1. The van der Waals surface area contributed by atoms with Crippen molar-refractivity contribution in [3.63, 3.8) is 0 Å². The summed E-state index contributed by atoms with van der Waals surface area (Å²) in [6.07, 6.45) is 0. The van der Waals surface area contributed by atoms with Crippen LogP contribution in [0.15, 0.2) is 132 Å². The Morgan fingerprint density at radius 3 is 1.76 bits per heavy atom. The molecule has 6 aromatic rings.